The van der Waals surface area contributed by atoms with Crippen LogP contribution in [-0.2, 0) is 4.74 Å². The van der Waals surface area contributed by atoms with Gasteiger partial charge in [0, 0.05) is 24.2 Å². The van der Waals surface area contributed by atoms with Gasteiger partial charge in [0.1, 0.15) is 5.65 Å². The highest BCUT2D eigenvalue weighted by Gasteiger charge is 2.39. The molecular weight excluding hydrogens is 372 g/mol. The number of aliphatic hydroxyl groups is 1. The number of anilines is 1. The second kappa shape index (κ2) is 7.18. The minimum absolute atomic E-state index is 0.00937. The molecule has 1 aliphatic heterocycles. The zero-order chi connectivity index (χ0) is 20.9. The third-order valence-electron chi connectivity index (χ3n) is 6.14. The topological polar surface area (TPSA) is 106 Å². The summed E-state index contributed by atoms with van der Waals surface area (Å²) in [6.45, 7) is 8.37. The first-order valence-electron chi connectivity index (χ1n) is 10.1. The van der Waals surface area contributed by atoms with Gasteiger partial charge in [-0.15, -0.1) is 0 Å². The number of ether oxygens (including phenoxy) is 1. The molecule has 1 aliphatic carbocycles. The van der Waals surface area contributed by atoms with Gasteiger partial charge in [0.25, 0.3) is 5.56 Å². The molecule has 0 radical (unpaired) electrons. The van der Waals surface area contributed by atoms with E-state index in [1.54, 1.807) is 17.7 Å². The van der Waals surface area contributed by atoms with Crippen LogP contribution in [0.1, 0.15) is 62.0 Å². The largest absolute Gasteiger partial charge is 0.389 e. The summed E-state index contributed by atoms with van der Waals surface area (Å²) in [6, 6.07) is -0.197. The second-order valence-corrected chi connectivity index (χ2v) is 9.07. The summed E-state index contributed by atoms with van der Waals surface area (Å²) in [7, 11) is 0. The molecule has 0 bridgehead atoms. The lowest BCUT2D eigenvalue weighted by molar-refractivity contribution is -0.0136. The minimum atomic E-state index is -0.639. The summed E-state index contributed by atoms with van der Waals surface area (Å²) in [5, 5.41) is 14.0. The number of aromatic nitrogens is 3. The maximum Gasteiger partial charge on any atom is 0.263 e. The van der Waals surface area contributed by atoms with Gasteiger partial charge in [0.15, 0.2) is 5.78 Å². The molecule has 1 saturated heterocycles. The molecule has 2 aromatic heterocycles. The minimum Gasteiger partial charge on any atom is -0.389 e. The highest BCUT2D eigenvalue weighted by atomic mass is 16.5. The maximum absolute atomic E-state index is 13.2. The van der Waals surface area contributed by atoms with Gasteiger partial charge in [-0.1, -0.05) is 13.8 Å². The number of nitrogens with one attached hydrogen (secondary N) is 1. The fourth-order valence-electron chi connectivity index (χ4n) is 4.61. The first-order chi connectivity index (χ1) is 13.7. The van der Waals surface area contributed by atoms with Gasteiger partial charge in [0.2, 0.25) is 5.95 Å². The molecule has 2 fully saturated rings. The maximum atomic E-state index is 13.2. The molecule has 3 heterocycles. The Balaban J connectivity index is 1.82. The lowest BCUT2D eigenvalue weighted by Crippen LogP contribution is -2.42. The molecule has 0 amide bonds. The SMILES string of the molecule is CC(=O)c1c(C)c2cnc(N[C@@H]3CCOC[C@H]3O)nc2n(C2CC(C)(C)C2)c1=O. The number of ketones is 1. The Morgan fingerprint density at radius 1 is 1.38 bits per heavy atom. The third-order valence-corrected chi connectivity index (χ3v) is 6.14. The number of pyridine rings is 1. The number of Topliss-reactive ketones (excluding diaryl/α,β-unsaturated/α-hetero) is 1. The second-order valence-electron chi connectivity index (χ2n) is 9.07. The molecule has 2 atom stereocenters. The molecule has 156 valence electrons. The molecule has 2 N–H and O–H groups in total. The molecule has 0 aromatic carbocycles. The number of aryl methyl sites for hydroxylation is 1. The Bertz CT molecular complexity index is 1020. The molecule has 29 heavy (non-hydrogen) atoms. The Kier molecular flexibility index (Phi) is 4.94. The van der Waals surface area contributed by atoms with Crippen LogP contribution in [0.3, 0.4) is 0 Å². The third kappa shape index (κ3) is 3.55. The summed E-state index contributed by atoms with van der Waals surface area (Å²) < 4.78 is 6.95. The number of carbonyl (C=O) groups excluding carboxylic acids is 1. The molecule has 1 saturated carbocycles. The Morgan fingerprint density at radius 3 is 2.72 bits per heavy atom. The number of hydrogen-bond acceptors (Lipinski definition) is 7. The van der Waals surface area contributed by atoms with E-state index in [1.165, 1.54) is 6.92 Å². The Labute approximate surface area is 169 Å². The number of fused-ring (bicyclic) bond motifs is 1. The number of carbonyl (C=O) groups is 1. The van der Waals surface area contributed by atoms with Crippen LogP contribution in [-0.4, -0.2) is 50.8 Å². The van der Waals surface area contributed by atoms with E-state index in [9.17, 15) is 14.7 Å². The highest BCUT2D eigenvalue weighted by molar-refractivity contribution is 5.99. The van der Waals surface area contributed by atoms with Crippen molar-refractivity contribution in [1.29, 1.82) is 0 Å². The molecular formula is C21H28N4O4. The smallest absolute Gasteiger partial charge is 0.263 e. The average molecular weight is 400 g/mol. The lowest BCUT2D eigenvalue weighted by Gasteiger charge is -2.43. The van der Waals surface area contributed by atoms with E-state index < -0.39 is 6.10 Å². The van der Waals surface area contributed by atoms with Crippen molar-refractivity contribution in [3.05, 3.63) is 27.7 Å². The standard InChI is InChI=1S/C21H28N4O4/c1-11-14-9-22-20(23-15-5-6-29-10-16(15)27)24-18(14)25(13-7-21(3,4)8-13)19(28)17(11)12(2)26/h9,13,15-16,27H,5-8,10H2,1-4H3,(H,22,23,24)/t15-,16-/m1/s1. The van der Waals surface area contributed by atoms with Crippen molar-refractivity contribution in [3.63, 3.8) is 0 Å². The van der Waals surface area contributed by atoms with Crippen molar-refractivity contribution in [1.82, 2.24) is 14.5 Å². The van der Waals surface area contributed by atoms with Crippen LogP contribution < -0.4 is 10.9 Å². The summed E-state index contributed by atoms with van der Waals surface area (Å²) in [5.41, 5.74) is 1.25. The van der Waals surface area contributed by atoms with E-state index in [0.717, 1.165) is 12.8 Å². The quantitative estimate of drug-likeness (QED) is 0.758. The van der Waals surface area contributed by atoms with Crippen molar-refractivity contribution in [2.45, 2.75) is 65.1 Å². The van der Waals surface area contributed by atoms with Gasteiger partial charge >= 0.3 is 0 Å². The van der Waals surface area contributed by atoms with Gasteiger partial charge < -0.3 is 15.2 Å². The summed E-state index contributed by atoms with van der Waals surface area (Å²) in [4.78, 5) is 34.5. The fraction of sp³-hybridized carbons (Fsp3) is 0.619. The average Bonchev–Trinajstić information content (AvgIpc) is 2.62. The van der Waals surface area contributed by atoms with Crippen molar-refractivity contribution >= 4 is 22.8 Å². The Hall–Kier alpha value is -2.32. The molecule has 2 aromatic rings. The van der Waals surface area contributed by atoms with Gasteiger partial charge in [-0.2, -0.15) is 4.98 Å². The predicted molar refractivity (Wildman–Crippen MR) is 109 cm³/mol. The van der Waals surface area contributed by atoms with Crippen LogP contribution in [0.25, 0.3) is 11.0 Å². The summed E-state index contributed by atoms with van der Waals surface area (Å²) >= 11 is 0. The highest BCUT2D eigenvalue weighted by Crippen LogP contribution is 2.48. The van der Waals surface area contributed by atoms with Crippen molar-refractivity contribution in [2.24, 2.45) is 5.41 Å². The Morgan fingerprint density at radius 2 is 2.10 bits per heavy atom. The van der Waals surface area contributed by atoms with Gasteiger partial charge in [0.05, 0.1) is 24.3 Å². The van der Waals surface area contributed by atoms with Crippen molar-refractivity contribution in [3.8, 4) is 0 Å². The number of nitrogens with zero attached hydrogens (tertiary/aromatic N) is 3. The van der Waals surface area contributed by atoms with E-state index >= 15 is 0 Å². The van der Waals surface area contributed by atoms with Crippen molar-refractivity contribution in [2.75, 3.05) is 18.5 Å². The first kappa shape index (κ1) is 20.0. The van der Waals surface area contributed by atoms with E-state index in [0.29, 0.717) is 35.6 Å². The van der Waals surface area contributed by atoms with Gasteiger partial charge in [-0.3, -0.25) is 14.2 Å². The fourth-order valence-corrected chi connectivity index (χ4v) is 4.61. The van der Waals surface area contributed by atoms with Gasteiger partial charge in [-0.25, -0.2) is 4.98 Å². The zero-order valence-corrected chi connectivity index (χ0v) is 17.4. The van der Waals surface area contributed by atoms with Crippen LogP contribution >= 0.6 is 0 Å². The van der Waals surface area contributed by atoms with Crippen LogP contribution in [0, 0.1) is 12.3 Å². The lowest BCUT2D eigenvalue weighted by atomic mass is 9.68. The zero-order valence-electron chi connectivity index (χ0n) is 17.4. The van der Waals surface area contributed by atoms with Crippen LogP contribution in [0.5, 0.6) is 0 Å². The normalized spacial score (nSPS) is 24.3. The predicted octanol–water partition coefficient (Wildman–Crippen LogP) is 2.23. The van der Waals surface area contributed by atoms with Crippen LogP contribution in [0.15, 0.2) is 11.0 Å². The van der Waals surface area contributed by atoms with E-state index in [2.05, 4.69) is 29.1 Å². The van der Waals surface area contributed by atoms with Crippen LogP contribution in [0.2, 0.25) is 0 Å². The van der Waals surface area contributed by atoms with Gasteiger partial charge in [-0.05, 0) is 44.1 Å². The molecule has 0 spiro atoms. The molecule has 0 unspecified atom stereocenters. The number of aliphatic hydroxyl groups excluding tert-OH is 1. The number of hydrogen-bond donors (Lipinski definition) is 2. The van der Waals surface area contributed by atoms with Crippen molar-refractivity contribution < 1.29 is 14.6 Å². The first-order valence-corrected chi connectivity index (χ1v) is 10.1. The number of rotatable bonds is 4. The monoisotopic (exact) mass is 400 g/mol. The van der Waals surface area contributed by atoms with Crippen LogP contribution in [0.4, 0.5) is 5.95 Å². The van der Waals surface area contributed by atoms with E-state index in [4.69, 9.17) is 4.74 Å². The molecule has 8 nitrogen and oxygen atoms in total. The summed E-state index contributed by atoms with van der Waals surface area (Å²) in [6.07, 6.45) is 3.38. The van der Waals surface area contributed by atoms with E-state index in [1.807, 2.05) is 0 Å². The molecule has 2 aliphatic rings. The molecule has 8 heteroatoms. The summed E-state index contributed by atoms with van der Waals surface area (Å²) in [5.74, 6) is 0.124. The van der Waals surface area contributed by atoms with E-state index in [-0.39, 0.29) is 41.0 Å². The molecule has 4 rings (SSSR count).